The molecule has 0 unspecified atom stereocenters. The van der Waals surface area contributed by atoms with Crippen molar-refractivity contribution in [2.45, 2.75) is 39.5 Å². The lowest BCUT2D eigenvalue weighted by molar-refractivity contribution is 0.853. The Hall–Kier alpha value is -1.35. The lowest BCUT2D eigenvalue weighted by atomic mass is 10.0. The Balaban J connectivity index is 2.36. The number of hydrogen-bond donors (Lipinski definition) is 1. The van der Waals surface area contributed by atoms with E-state index in [-0.39, 0.29) is 0 Å². The summed E-state index contributed by atoms with van der Waals surface area (Å²) in [6.45, 7) is 8.68. The minimum Gasteiger partial charge on any atom is -0.389 e. The Morgan fingerprint density at radius 3 is 2.06 bits per heavy atom. The number of rotatable bonds is 3. The van der Waals surface area contributed by atoms with Crippen LogP contribution in [0.1, 0.15) is 50.1 Å². The zero-order valence-corrected chi connectivity index (χ0v) is 12.2. The Labute approximate surface area is 113 Å². The van der Waals surface area contributed by atoms with E-state index >= 15 is 0 Å². The molecule has 3 heteroatoms. The monoisotopic (exact) mass is 260 g/mol. The number of nitrogens with two attached hydrogens (primary N) is 1. The summed E-state index contributed by atoms with van der Waals surface area (Å²) in [7, 11) is 0. The summed E-state index contributed by atoms with van der Waals surface area (Å²) in [6.07, 6.45) is 0. The Morgan fingerprint density at radius 1 is 1.00 bits per heavy atom. The van der Waals surface area contributed by atoms with Crippen molar-refractivity contribution in [2.24, 2.45) is 0 Å². The Bertz CT molecular complexity index is 524. The van der Waals surface area contributed by atoms with Crippen LogP contribution in [0.4, 0.5) is 5.00 Å². The molecule has 18 heavy (non-hydrogen) atoms. The van der Waals surface area contributed by atoms with Gasteiger partial charge < -0.3 is 5.73 Å². The van der Waals surface area contributed by atoms with Gasteiger partial charge in [0.1, 0.15) is 10.7 Å². The van der Waals surface area contributed by atoms with E-state index in [0.717, 1.165) is 21.3 Å². The van der Waals surface area contributed by atoms with Gasteiger partial charge in [-0.25, -0.2) is 4.98 Å². The van der Waals surface area contributed by atoms with E-state index in [1.54, 1.807) is 11.3 Å². The second-order valence-electron chi connectivity index (χ2n) is 5.20. The van der Waals surface area contributed by atoms with E-state index in [9.17, 15) is 0 Å². The summed E-state index contributed by atoms with van der Waals surface area (Å²) >= 11 is 1.59. The standard InChI is InChI=1S/C15H20N2S/c1-9(2)11-5-7-12(8-6-11)13-14(16)18-15(17-13)10(3)4/h5-10H,16H2,1-4H3. The maximum absolute atomic E-state index is 6.07. The van der Waals surface area contributed by atoms with E-state index in [0.29, 0.717) is 11.8 Å². The summed E-state index contributed by atoms with van der Waals surface area (Å²) in [6, 6.07) is 8.55. The van der Waals surface area contributed by atoms with Crippen LogP contribution >= 0.6 is 11.3 Å². The average Bonchev–Trinajstić information content (AvgIpc) is 2.71. The third kappa shape index (κ3) is 2.56. The van der Waals surface area contributed by atoms with Crippen LogP contribution in [0.2, 0.25) is 0 Å². The molecule has 2 aromatic rings. The van der Waals surface area contributed by atoms with Crippen molar-refractivity contribution in [1.82, 2.24) is 4.98 Å². The number of nitrogens with zero attached hydrogens (tertiary/aromatic N) is 1. The number of anilines is 1. The van der Waals surface area contributed by atoms with Crippen molar-refractivity contribution in [2.75, 3.05) is 5.73 Å². The molecule has 1 aromatic carbocycles. The predicted molar refractivity (Wildman–Crippen MR) is 80.1 cm³/mol. The van der Waals surface area contributed by atoms with Crippen LogP contribution in [-0.4, -0.2) is 4.98 Å². The molecule has 1 heterocycles. The second kappa shape index (κ2) is 5.11. The van der Waals surface area contributed by atoms with Crippen LogP contribution in [-0.2, 0) is 0 Å². The fourth-order valence-corrected chi connectivity index (χ4v) is 2.69. The van der Waals surface area contributed by atoms with Gasteiger partial charge in [0, 0.05) is 11.5 Å². The molecule has 96 valence electrons. The molecule has 0 saturated carbocycles. The van der Waals surface area contributed by atoms with Crippen LogP contribution in [0.5, 0.6) is 0 Å². The van der Waals surface area contributed by atoms with Crippen molar-refractivity contribution in [3.05, 3.63) is 34.8 Å². The summed E-state index contributed by atoms with van der Waals surface area (Å²) < 4.78 is 0. The zero-order valence-electron chi connectivity index (χ0n) is 11.4. The fraction of sp³-hybridized carbons (Fsp3) is 0.400. The van der Waals surface area contributed by atoms with Crippen molar-refractivity contribution in [3.63, 3.8) is 0 Å². The maximum atomic E-state index is 6.07. The van der Waals surface area contributed by atoms with Gasteiger partial charge in [0.15, 0.2) is 0 Å². The van der Waals surface area contributed by atoms with Gasteiger partial charge in [0.2, 0.25) is 0 Å². The van der Waals surface area contributed by atoms with Gasteiger partial charge in [-0.15, -0.1) is 11.3 Å². The molecule has 2 nitrogen and oxygen atoms in total. The highest BCUT2D eigenvalue weighted by atomic mass is 32.1. The molecule has 0 radical (unpaired) electrons. The highest BCUT2D eigenvalue weighted by molar-refractivity contribution is 7.16. The third-order valence-electron chi connectivity index (χ3n) is 3.01. The quantitative estimate of drug-likeness (QED) is 0.873. The van der Waals surface area contributed by atoms with Crippen molar-refractivity contribution in [1.29, 1.82) is 0 Å². The largest absolute Gasteiger partial charge is 0.389 e. The van der Waals surface area contributed by atoms with Crippen LogP contribution in [0.3, 0.4) is 0 Å². The summed E-state index contributed by atoms with van der Waals surface area (Å²) in [5.74, 6) is 0.985. The molecule has 0 amide bonds. The Kier molecular flexibility index (Phi) is 3.71. The lowest BCUT2D eigenvalue weighted by Gasteiger charge is -2.06. The minimum atomic E-state index is 0.431. The number of hydrogen-bond acceptors (Lipinski definition) is 3. The van der Waals surface area contributed by atoms with Crippen LogP contribution < -0.4 is 5.73 Å². The van der Waals surface area contributed by atoms with Crippen LogP contribution in [0.25, 0.3) is 11.3 Å². The molecule has 1 aromatic heterocycles. The molecule has 0 aliphatic heterocycles. The van der Waals surface area contributed by atoms with Gasteiger partial charge in [-0.2, -0.15) is 0 Å². The van der Waals surface area contributed by atoms with Gasteiger partial charge >= 0.3 is 0 Å². The lowest BCUT2D eigenvalue weighted by Crippen LogP contribution is -1.90. The first-order chi connectivity index (χ1) is 8.49. The molecule has 0 bridgehead atoms. The molecular weight excluding hydrogens is 240 g/mol. The molecule has 0 saturated heterocycles. The van der Waals surface area contributed by atoms with E-state index in [1.807, 2.05) is 0 Å². The van der Waals surface area contributed by atoms with E-state index < -0.39 is 0 Å². The highest BCUT2D eigenvalue weighted by Crippen LogP contribution is 2.34. The second-order valence-corrected chi connectivity index (χ2v) is 6.26. The summed E-state index contributed by atoms with van der Waals surface area (Å²) in [5.41, 5.74) is 9.45. The van der Waals surface area contributed by atoms with Gasteiger partial charge in [0.05, 0.1) is 5.01 Å². The number of benzene rings is 1. The summed E-state index contributed by atoms with van der Waals surface area (Å²) in [4.78, 5) is 4.65. The predicted octanol–water partition coefficient (Wildman–Crippen LogP) is 4.64. The van der Waals surface area contributed by atoms with Crippen LogP contribution in [0, 0.1) is 0 Å². The van der Waals surface area contributed by atoms with Crippen LogP contribution in [0.15, 0.2) is 24.3 Å². The normalized spacial score (nSPS) is 11.4. The van der Waals surface area contributed by atoms with E-state index in [2.05, 4.69) is 56.9 Å². The maximum Gasteiger partial charge on any atom is 0.114 e. The molecular formula is C15H20N2S. The van der Waals surface area contributed by atoms with Gasteiger partial charge in [-0.1, -0.05) is 52.0 Å². The molecule has 0 spiro atoms. The van der Waals surface area contributed by atoms with Gasteiger partial charge in [-0.3, -0.25) is 0 Å². The number of aromatic nitrogens is 1. The number of thiazole rings is 1. The molecule has 0 aliphatic carbocycles. The molecule has 0 atom stereocenters. The third-order valence-corrected chi connectivity index (χ3v) is 4.20. The van der Waals surface area contributed by atoms with Gasteiger partial charge in [-0.05, 0) is 11.5 Å². The molecule has 2 N–H and O–H groups in total. The molecule has 0 aliphatic rings. The van der Waals surface area contributed by atoms with E-state index in [4.69, 9.17) is 5.73 Å². The molecule has 0 fully saturated rings. The number of nitrogen functional groups attached to an aromatic ring is 1. The first kappa shape index (κ1) is 13.1. The zero-order chi connectivity index (χ0) is 13.3. The van der Waals surface area contributed by atoms with Crippen molar-refractivity contribution in [3.8, 4) is 11.3 Å². The SMILES string of the molecule is CC(C)c1ccc(-c2nc(C(C)C)sc2N)cc1. The minimum absolute atomic E-state index is 0.431. The first-order valence-electron chi connectivity index (χ1n) is 6.35. The van der Waals surface area contributed by atoms with Crippen molar-refractivity contribution >= 4 is 16.3 Å². The highest BCUT2D eigenvalue weighted by Gasteiger charge is 2.12. The summed E-state index contributed by atoms with van der Waals surface area (Å²) in [5, 5.41) is 1.92. The average molecular weight is 260 g/mol. The fourth-order valence-electron chi connectivity index (χ4n) is 1.83. The molecule has 2 rings (SSSR count). The Morgan fingerprint density at radius 2 is 1.61 bits per heavy atom. The first-order valence-corrected chi connectivity index (χ1v) is 7.17. The van der Waals surface area contributed by atoms with Gasteiger partial charge in [0.25, 0.3) is 0 Å². The van der Waals surface area contributed by atoms with Crippen molar-refractivity contribution < 1.29 is 0 Å². The smallest absolute Gasteiger partial charge is 0.114 e. The topological polar surface area (TPSA) is 38.9 Å². The van der Waals surface area contributed by atoms with E-state index in [1.165, 1.54) is 5.56 Å².